The van der Waals surface area contributed by atoms with Crippen LogP contribution < -0.4 is 10.1 Å². The molecule has 0 aliphatic rings. The standard InChI is InChI=1S/C15H21NO4/c1-9-5-12(20-4)6-10(2)13(9)7-14(17)16-8-11(3)15(18)19/h5-6,11H,7-8H2,1-4H3,(H,16,17)(H,18,19). The number of benzene rings is 1. The number of hydrogen-bond acceptors (Lipinski definition) is 3. The van der Waals surface area contributed by atoms with E-state index in [9.17, 15) is 9.59 Å². The molecule has 1 aromatic rings. The van der Waals surface area contributed by atoms with Gasteiger partial charge in [-0.15, -0.1) is 0 Å². The molecule has 0 heterocycles. The number of aryl methyl sites for hydroxylation is 2. The average Bonchev–Trinajstić information content (AvgIpc) is 2.39. The topological polar surface area (TPSA) is 75.6 Å². The minimum Gasteiger partial charge on any atom is -0.497 e. The molecule has 1 atom stereocenters. The van der Waals surface area contributed by atoms with Crippen molar-refractivity contribution in [1.29, 1.82) is 0 Å². The number of rotatable bonds is 6. The van der Waals surface area contributed by atoms with E-state index in [1.807, 2.05) is 26.0 Å². The zero-order valence-corrected chi connectivity index (χ0v) is 12.3. The number of carboxylic acid groups (broad SMARTS) is 1. The fourth-order valence-electron chi connectivity index (χ4n) is 1.93. The average molecular weight is 279 g/mol. The van der Waals surface area contributed by atoms with Crippen molar-refractivity contribution in [2.24, 2.45) is 5.92 Å². The van der Waals surface area contributed by atoms with Crippen LogP contribution in [0.5, 0.6) is 5.75 Å². The summed E-state index contributed by atoms with van der Waals surface area (Å²) in [4.78, 5) is 22.5. The fourth-order valence-corrected chi connectivity index (χ4v) is 1.93. The molecule has 0 saturated heterocycles. The maximum absolute atomic E-state index is 11.9. The van der Waals surface area contributed by atoms with Crippen LogP contribution in [0, 0.1) is 19.8 Å². The third kappa shape index (κ3) is 4.26. The normalized spacial score (nSPS) is 11.8. The van der Waals surface area contributed by atoms with Crippen molar-refractivity contribution in [2.45, 2.75) is 27.2 Å². The highest BCUT2D eigenvalue weighted by Crippen LogP contribution is 2.22. The van der Waals surface area contributed by atoms with Crippen molar-refractivity contribution in [2.75, 3.05) is 13.7 Å². The molecule has 5 nitrogen and oxygen atoms in total. The molecular formula is C15H21NO4. The Morgan fingerprint density at radius 2 is 1.85 bits per heavy atom. The fraction of sp³-hybridized carbons (Fsp3) is 0.467. The van der Waals surface area contributed by atoms with Crippen LogP contribution in [0.4, 0.5) is 0 Å². The molecule has 110 valence electrons. The lowest BCUT2D eigenvalue weighted by Gasteiger charge is -2.13. The van der Waals surface area contributed by atoms with Crippen LogP contribution in [-0.4, -0.2) is 30.6 Å². The minimum absolute atomic E-state index is 0.141. The van der Waals surface area contributed by atoms with Crippen LogP contribution in [0.1, 0.15) is 23.6 Å². The zero-order chi connectivity index (χ0) is 15.3. The molecule has 0 aliphatic carbocycles. The highest BCUT2D eigenvalue weighted by Gasteiger charge is 2.14. The smallest absolute Gasteiger partial charge is 0.308 e. The monoisotopic (exact) mass is 279 g/mol. The highest BCUT2D eigenvalue weighted by molar-refractivity contribution is 5.80. The lowest BCUT2D eigenvalue weighted by molar-refractivity contribution is -0.141. The van der Waals surface area contributed by atoms with Gasteiger partial charge in [-0.05, 0) is 42.7 Å². The third-order valence-corrected chi connectivity index (χ3v) is 3.27. The summed E-state index contributed by atoms with van der Waals surface area (Å²) in [6.07, 6.45) is 0.244. The number of carboxylic acids is 1. The Balaban J connectivity index is 2.69. The Morgan fingerprint density at radius 3 is 2.30 bits per heavy atom. The molecule has 0 spiro atoms. The van der Waals surface area contributed by atoms with Gasteiger partial charge in [0.15, 0.2) is 0 Å². The highest BCUT2D eigenvalue weighted by atomic mass is 16.5. The van der Waals surface area contributed by atoms with Gasteiger partial charge in [0.25, 0.3) is 0 Å². The lowest BCUT2D eigenvalue weighted by Crippen LogP contribution is -2.32. The lowest BCUT2D eigenvalue weighted by atomic mass is 9.99. The second-order valence-corrected chi connectivity index (χ2v) is 4.96. The van der Waals surface area contributed by atoms with Crippen LogP contribution in [0.3, 0.4) is 0 Å². The predicted octanol–water partition coefficient (Wildman–Crippen LogP) is 1.69. The molecule has 0 radical (unpaired) electrons. The van der Waals surface area contributed by atoms with Crippen LogP contribution in [0.2, 0.25) is 0 Å². The number of nitrogens with one attached hydrogen (secondary N) is 1. The molecule has 1 amide bonds. The van der Waals surface area contributed by atoms with Crippen molar-refractivity contribution in [1.82, 2.24) is 5.32 Å². The van der Waals surface area contributed by atoms with Gasteiger partial charge in [-0.1, -0.05) is 6.92 Å². The Morgan fingerprint density at radius 1 is 1.30 bits per heavy atom. The van der Waals surface area contributed by atoms with Crippen molar-refractivity contribution in [3.05, 3.63) is 28.8 Å². The van der Waals surface area contributed by atoms with E-state index in [1.165, 1.54) is 0 Å². The van der Waals surface area contributed by atoms with Crippen LogP contribution in [-0.2, 0) is 16.0 Å². The Labute approximate surface area is 118 Å². The number of carbonyl (C=O) groups is 2. The first kappa shape index (κ1) is 16.0. The number of hydrogen-bond donors (Lipinski definition) is 2. The molecule has 1 rings (SSSR count). The molecule has 0 saturated carbocycles. The summed E-state index contributed by atoms with van der Waals surface area (Å²) in [5.74, 6) is -0.905. The molecule has 0 bridgehead atoms. The van der Waals surface area contributed by atoms with Gasteiger partial charge >= 0.3 is 5.97 Å². The van der Waals surface area contributed by atoms with Gasteiger partial charge in [-0.3, -0.25) is 9.59 Å². The van der Waals surface area contributed by atoms with Crippen LogP contribution in [0.25, 0.3) is 0 Å². The van der Waals surface area contributed by atoms with E-state index in [1.54, 1.807) is 14.0 Å². The van der Waals surface area contributed by atoms with E-state index in [-0.39, 0.29) is 18.9 Å². The number of carbonyl (C=O) groups excluding carboxylic acids is 1. The van der Waals surface area contributed by atoms with E-state index in [4.69, 9.17) is 9.84 Å². The molecule has 0 fully saturated rings. The van der Waals surface area contributed by atoms with Crippen LogP contribution in [0.15, 0.2) is 12.1 Å². The van der Waals surface area contributed by atoms with Gasteiger partial charge in [0.05, 0.1) is 19.4 Å². The summed E-state index contributed by atoms with van der Waals surface area (Å²) in [5, 5.41) is 11.4. The molecule has 0 aromatic heterocycles. The number of aliphatic carboxylic acids is 1. The first-order valence-electron chi connectivity index (χ1n) is 6.48. The summed E-state index contributed by atoms with van der Waals surface area (Å²) in [5.41, 5.74) is 2.93. The van der Waals surface area contributed by atoms with Crippen molar-refractivity contribution >= 4 is 11.9 Å². The maximum atomic E-state index is 11.9. The quantitative estimate of drug-likeness (QED) is 0.831. The summed E-state index contributed by atoms with van der Waals surface area (Å²) in [6, 6.07) is 3.77. The summed E-state index contributed by atoms with van der Waals surface area (Å²) in [7, 11) is 1.61. The third-order valence-electron chi connectivity index (χ3n) is 3.27. The minimum atomic E-state index is -0.915. The molecule has 0 aliphatic heterocycles. The summed E-state index contributed by atoms with van der Waals surface area (Å²) in [6.45, 7) is 5.56. The first-order valence-corrected chi connectivity index (χ1v) is 6.48. The predicted molar refractivity (Wildman–Crippen MR) is 76.0 cm³/mol. The van der Waals surface area contributed by atoms with Gasteiger partial charge in [-0.2, -0.15) is 0 Å². The maximum Gasteiger partial charge on any atom is 0.308 e. The van der Waals surface area contributed by atoms with Crippen molar-refractivity contribution < 1.29 is 19.4 Å². The summed E-state index contributed by atoms with van der Waals surface area (Å²) >= 11 is 0. The van der Waals surface area contributed by atoms with Gasteiger partial charge < -0.3 is 15.2 Å². The first-order chi connectivity index (χ1) is 9.35. The number of amides is 1. The number of methoxy groups -OCH3 is 1. The molecule has 2 N–H and O–H groups in total. The molecule has 1 unspecified atom stereocenters. The molecule has 5 heteroatoms. The van der Waals surface area contributed by atoms with E-state index in [0.29, 0.717) is 0 Å². The molecular weight excluding hydrogens is 258 g/mol. The molecule has 1 aromatic carbocycles. The second-order valence-electron chi connectivity index (χ2n) is 4.96. The SMILES string of the molecule is COc1cc(C)c(CC(=O)NCC(C)C(=O)O)c(C)c1. The number of ether oxygens (including phenoxy) is 1. The largest absolute Gasteiger partial charge is 0.497 e. The zero-order valence-electron chi connectivity index (χ0n) is 12.3. The Kier molecular flexibility index (Phi) is 5.55. The van der Waals surface area contributed by atoms with Gasteiger partial charge in [0.1, 0.15) is 5.75 Å². The van der Waals surface area contributed by atoms with Crippen LogP contribution >= 0.6 is 0 Å². The van der Waals surface area contributed by atoms with Crippen molar-refractivity contribution in [3.8, 4) is 5.75 Å². The van der Waals surface area contributed by atoms with Gasteiger partial charge in [-0.25, -0.2) is 0 Å². The van der Waals surface area contributed by atoms with E-state index in [2.05, 4.69) is 5.32 Å². The Hall–Kier alpha value is -2.04. The molecule has 20 heavy (non-hydrogen) atoms. The summed E-state index contributed by atoms with van der Waals surface area (Å²) < 4.78 is 5.18. The second kappa shape index (κ2) is 6.93. The van der Waals surface area contributed by atoms with Gasteiger partial charge in [0, 0.05) is 6.54 Å². The van der Waals surface area contributed by atoms with Gasteiger partial charge in [0.2, 0.25) is 5.91 Å². The van der Waals surface area contributed by atoms with Crippen molar-refractivity contribution in [3.63, 3.8) is 0 Å². The Bertz CT molecular complexity index is 488. The van der Waals surface area contributed by atoms with E-state index >= 15 is 0 Å². The van der Waals surface area contributed by atoms with E-state index < -0.39 is 11.9 Å². The van der Waals surface area contributed by atoms with E-state index in [0.717, 1.165) is 22.4 Å².